The van der Waals surface area contributed by atoms with Crippen LogP contribution in [0.2, 0.25) is 0 Å². The molecule has 0 saturated heterocycles. The first-order valence-electron chi connectivity index (χ1n) is 12.8. The van der Waals surface area contributed by atoms with E-state index in [-0.39, 0.29) is 12.0 Å². The molecule has 4 aromatic rings. The summed E-state index contributed by atoms with van der Waals surface area (Å²) < 4.78 is 13.4. The minimum atomic E-state index is -0.489. The lowest BCUT2D eigenvalue weighted by molar-refractivity contribution is 0.107. The Labute approximate surface area is 214 Å². The maximum absolute atomic E-state index is 6.79. The highest BCUT2D eigenvalue weighted by Gasteiger charge is 2.54. The molecule has 2 aliphatic heterocycles. The number of aromatic amines is 2. The van der Waals surface area contributed by atoms with Crippen molar-refractivity contribution in [3.05, 3.63) is 137 Å². The first kappa shape index (κ1) is 20.7. The zero-order valence-electron chi connectivity index (χ0n) is 20.1. The van der Waals surface area contributed by atoms with Gasteiger partial charge in [-0.3, -0.25) is 5.10 Å². The first-order chi connectivity index (χ1) is 18.3. The Hall–Kier alpha value is -4.51. The minimum absolute atomic E-state index is 0.0280. The van der Waals surface area contributed by atoms with Gasteiger partial charge in [0.15, 0.2) is 0 Å². The number of hydrogen-bond acceptors (Lipinski definition) is 3. The van der Waals surface area contributed by atoms with Crippen LogP contribution in [-0.2, 0) is 10.2 Å². The largest absolute Gasteiger partial charge is 0.490 e. The van der Waals surface area contributed by atoms with Crippen LogP contribution in [0.1, 0.15) is 35.6 Å². The summed E-state index contributed by atoms with van der Waals surface area (Å²) in [5.74, 6) is 3.03. The van der Waals surface area contributed by atoms with E-state index in [2.05, 4.69) is 100 Å². The number of aromatic nitrogens is 3. The Morgan fingerprint density at radius 2 is 1.92 bits per heavy atom. The molecule has 4 heterocycles. The Kier molecular flexibility index (Phi) is 4.32. The van der Waals surface area contributed by atoms with Crippen LogP contribution in [-0.4, -0.2) is 21.3 Å². The van der Waals surface area contributed by atoms with Crippen LogP contribution in [0.4, 0.5) is 0 Å². The summed E-state index contributed by atoms with van der Waals surface area (Å²) in [6.45, 7) is 0. The molecule has 2 aromatic heterocycles. The number of hydrogen-bond donors (Lipinski definition) is 2. The topological polar surface area (TPSA) is 62.9 Å². The molecule has 0 radical (unpaired) electrons. The Balaban J connectivity index is 1.40. The SMILES string of the molecule is C1=CCC2OC3=C(C=CC(c4ccn[nH]4)C3)C3(C2=C1)c1ccccc1Oc1cc(-c2ccc[nH]2)ccc13. The lowest BCUT2D eigenvalue weighted by Crippen LogP contribution is -2.45. The second-order valence-electron chi connectivity index (χ2n) is 10.1. The van der Waals surface area contributed by atoms with Crippen LogP contribution in [0.15, 0.2) is 120 Å². The molecule has 180 valence electrons. The van der Waals surface area contributed by atoms with Gasteiger partial charge in [0.1, 0.15) is 23.4 Å². The maximum atomic E-state index is 6.79. The molecule has 0 bridgehead atoms. The van der Waals surface area contributed by atoms with Crippen molar-refractivity contribution in [2.45, 2.75) is 30.3 Å². The second-order valence-corrected chi connectivity index (χ2v) is 10.1. The molecule has 5 nitrogen and oxygen atoms in total. The third-order valence-electron chi connectivity index (χ3n) is 8.16. The first-order valence-corrected chi connectivity index (χ1v) is 12.8. The summed E-state index contributed by atoms with van der Waals surface area (Å²) in [6.07, 6.45) is 16.6. The Morgan fingerprint density at radius 3 is 2.81 bits per heavy atom. The number of nitrogens with zero attached hydrogens (tertiary/aromatic N) is 1. The normalized spacial score (nSPS) is 24.9. The van der Waals surface area contributed by atoms with Crippen molar-refractivity contribution in [1.29, 1.82) is 0 Å². The molecular weight excluding hydrogens is 458 g/mol. The number of para-hydroxylation sites is 1. The third kappa shape index (κ3) is 2.88. The molecule has 1 spiro atoms. The van der Waals surface area contributed by atoms with Gasteiger partial charge in [-0.2, -0.15) is 5.10 Å². The molecule has 8 rings (SSSR count). The van der Waals surface area contributed by atoms with E-state index in [1.807, 2.05) is 18.5 Å². The summed E-state index contributed by atoms with van der Waals surface area (Å²) in [5.41, 5.74) is 7.59. The Bertz CT molecular complexity index is 1640. The summed E-state index contributed by atoms with van der Waals surface area (Å²) in [6, 6.07) is 21.3. The number of fused-ring (bicyclic) bond motifs is 7. The van der Waals surface area contributed by atoms with E-state index in [1.54, 1.807) is 0 Å². The van der Waals surface area contributed by atoms with Crippen molar-refractivity contribution in [3.63, 3.8) is 0 Å². The van der Waals surface area contributed by atoms with Crippen LogP contribution in [0, 0.1) is 0 Å². The average Bonchev–Trinajstić information content (AvgIpc) is 3.68. The monoisotopic (exact) mass is 483 g/mol. The molecule has 2 aliphatic carbocycles. The van der Waals surface area contributed by atoms with Gasteiger partial charge >= 0.3 is 0 Å². The summed E-state index contributed by atoms with van der Waals surface area (Å²) in [4.78, 5) is 3.33. The quantitative estimate of drug-likeness (QED) is 0.320. The zero-order chi connectivity index (χ0) is 24.4. The third-order valence-corrected chi connectivity index (χ3v) is 8.16. The number of benzene rings is 2. The smallest absolute Gasteiger partial charge is 0.132 e. The van der Waals surface area contributed by atoms with Crippen LogP contribution in [0.25, 0.3) is 11.3 Å². The fourth-order valence-corrected chi connectivity index (χ4v) is 6.55. The van der Waals surface area contributed by atoms with Gasteiger partial charge in [0.2, 0.25) is 0 Å². The van der Waals surface area contributed by atoms with E-state index in [4.69, 9.17) is 9.47 Å². The van der Waals surface area contributed by atoms with Crippen LogP contribution in [0.5, 0.6) is 11.5 Å². The highest BCUT2D eigenvalue weighted by atomic mass is 16.5. The van der Waals surface area contributed by atoms with E-state index in [0.29, 0.717) is 0 Å². The van der Waals surface area contributed by atoms with Crippen LogP contribution >= 0.6 is 0 Å². The molecule has 5 heteroatoms. The molecule has 3 atom stereocenters. The molecule has 2 N–H and O–H groups in total. The molecule has 37 heavy (non-hydrogen) atoms. The van der Waals surface area contributed by atoms with E-state index >= 15 is 0 Å². The van der Waals surface area contributed by atoms with Gasteiger partial charge in [-0.05, 0) is 35.9 Å². The lowest BCUT2D eigenvalue weighted by atomic mass is 9.58. The van der Waals surface area contributed by atoms with Gasteiger partial charge in [0.25, 0.3) is 0 Å². The molecule has 0 saturated carbocycles. The van der Waals surface area contributed by atoms with Crippen molar-refractivity contribution in [2.75, 3.05) is 0 Å². The minimum Gasteiger partial charge on any atom is -0.490 e. The van der Waals surface area contributed by atoms with Crippen LogP contribution < -0.4 is 4.74 Å². The van der Waals surface area contributed by atoms with Crippen LogP contribution in [0.3, 0.4) is 0 Å². The summed E-state index contributed by atoms with van der Waals surface area (Å²) >= 11 is 0. The fourth-order valence-electron chi connectivity index (χ4n) is 6.55. The fraction of sp³-hybridized carbons (Fsp3) is 0.156. The molecule has 2 aromatic carbocycles. The maximum Gasteiger partial charge on any atom is 0.132 e. The van der Waals surface area contributed by atoms with Gasteiger partial charge in [-0.15, -0.1) is 0 Å². The van der Waals surface area contributed by atoms with E-state index in [0.717, 1.165) is 52.6 Å². The number of nitrogens with one attached hydrogen (secondary N) is 2. The number of rotatable bonds is 2. The van der Waals surface area contributed by atoms with Crippen molar-refractivity contribution >= 4 is 0 Å². The van der Waals surface area contributed by atoms with Crippen molar-refractivity contribution < 1.29 is 9.47 Å². The van der Waals surface area contributed by atoms with Gasteiger partial charge in [0.05, 0.1) is 5.41 Å². The second kappa shape index (κ2) is 7.74. The molecule has 0 fully saturated rings. The lowest BCUT2D eigenvalue weighted by Gasteiger charge is -2.50. The Morgan fingerprint density at radius 1 is 0.973 bits per heavy atom. The average molecular weight is 484 g/mol. The van der Waals surface area contributed by atoms with Crippen molar-refractivity contribution in [3.8, 4) is 22.8 Å². The predicted molar refractivity (Wildman–Crippen MR) is 142 cm³/mol. The number of ether oxygens (including phenoxy) is 2. The van der Waals surface area contributed by atoms with Gasteiger partial charge < -0.3 is 14.5 Å². The van der Waals surface area contributed by atoms with E-state index in [1.165, 1.54) is 16.7 Å². The summed E-state index contributed by atoms with van der Waals surface area (Å²) in [7, 11) is 0. The van der Waals surface area contributed by atoms with Gasteiger partial charge in [-0.25, -0.2) is 0 Å². The van der Waals surface area contributed by atoms with E-state index < -0.39 is 5.41 Å². The highest BCUT2D eigenvalue weighted by Crippen LogP contribution is 2.61. The molecule has 3 unspecified atom stereocenters. The number of allylic oxidation sites excluding steroid dienone is 6. The molecular formula is C32H25N3O2. The molecule has 4 aliphatic rings. The zero-order valence-corrected chi connectivity index (χ0v) is 20.1. The summed E-state index contributed by atoms with van der Waals surface area (Å²) in [5, 5.41) is 7.34. The van der Waals surface area contributed by atoms with Crippen molar-refractivity contribution in [1.82, 2.24) is 15.2 Å². The highest BCUT2D eigenvalue weighted by molar-refractivity contribution is 5.75. The van der Waals surface area contributed by atoms with Gasteiger partial charge in [0, 0.05) is 64.8 Å². The van der Waals surface area contributed by atoms with E-state index in [9.17, 15) is 0 Å². The standard InChI is InChI=1S/C32H25N3O2/c1-3-9-28-22(6-1)32(24-13-11-20(18-30(24)36-28)26-8-5-16-33-26)23-7-2-4-10-29(23)37-31-19-21(12-14-25(31)32)27-15-17-34-35-27/h1-9,11-18,21,29,33H,10,19H2,(H,34,35). The molecule has 0 amide bonds. The number of H-pyrrole nitrogens is 2. The predicted octanol–water partition coefficient (Wildman–Crippen LogP) is 7.08. The van der Waals surface area contributed by atoms with Crippen molar-refractivity contribution in [2.24, 2.45) is 0 Å². The van der Waals surface area contributed by atoms with Gasteiger partial charge in [-0.1, -0.05) is 60.7 Å².